The van der Waals surface area contributed by atoms with E-state index in [0.717, 1.165) is 12.0 Å². The number of hydrogen-bond acceptors (Lipinski definition) is 3. The Kier molecular flexibility index (Phi) is 4.30. The van der Waals surface area contributed by atoms with Crippen LogP contribution in [0.5, 0.6) is 0 Å². The molecule has 3 amide bonds. The van der Waals surface area contributed by atoms with Gasteiger partial charge in [0.05, 0.1) is 0 Å². The summed E-state index contributed by atoms with van der Waals surface area (Å²) in [6.45, 7) is 2.08. The lowest BCUT2D eigenvalue weighted by Crippen LogP contribution is -2.54. The van der Waals surface area contributed by atoms with Crippen LogP contribution in [0, 0.1) is 0 Å². The maximum absolute atomic E-state index is 12.7. The molecule has 1 heterocycles. The fourth-order valence-corrected chi connectivity index (χ4v) is 3.74. The predicted molar refractivity (Wildman–Crippen MR) is 89.1 cm³/mol. The zero-order valence-electron chi connectivity index (χ0n) is 14.0. The Bertz CT molecular complexity index is 661. The van der Waals surface area contributed by atoms with Crippen molar-refractivity contribution in [3.05, 3.63) is 35.9 Å². The van der Waals surface area contributed by atoms with E-state index in [1.165, 1.54) is 6.92 Å². The van der Waals surface area contributed by atoms with Crippen molar-refractivity contribution in [2.24, 2.45) is 0 Å². The molecule has 0 unspecified atom stereocenters. The summed E-state index contributed by atoms with van der Waals surface area (Å²) in [5, 5.41) is 5.61. The number of amides is 3. The van der Waals surface area contributed by atoms with Gasteiger partial charge in [-0.2, -0.15) is 0 Å². The standard InChI is InChI=1S/C18H23N3O3/c1-12(22)21-10-6-9-15(21)16(23)20-18(17(24)19-2)11-14(18)13-7-4-3-5-8-13/h3-5,7-8,14-15H,6,9-11H2,1-2H3,(H,19,24)(H,20,23)/t14-,15+,18-/m1/s1. The minimum Gasteiger partial charge on any atom is -0.357 e. The molecular weight excluding hydrogens is 306 g/mol. The summed E-state index contributed by atoms with van der Waals surface area (Å²) in [5.74, 6) is -0.548. The van der Waals surface area contributed by atoms with Crippen LogP contribution in [0.25, 0.3) is 0 Å². The third-order valence-electron chi connectivity index (χ3n) is 5.10. The molecule has 0 aromatic heterocycles. The monoisotopic (exact) mass is 329 g/mol. The van der Waals surface area contributed by atoms with Crippen molar-refractivity contribution in [3.8, 4) is 0 Å². The van der Waals surface area contributed by atoms with Crippen molar-refractivity contribution < 1.29 is 14.4 Å². The van der Waals surface area contributed by atoms with Gasteiger partial charge in [0.25, 0.3) is 0 Å². The van der Waals surface area contributed by atoms with Gasteiger partial charge < -0.3 is 15.5 Å². The maximum atomic E-state index is 12.7. The molecule has 0 bridgehead atoms. The molecule has 6 nitrogen and oxygen atoms in total. The van der Waals surface area contributed by atoms with Crippen molar-refractivity contribution in [3.63, 3.8) is 0 Å². The van der Waals surface area contributed by atoms with Gasteiger partial charge in [-0.1, -0.05) is 30.3 Å². The van der Waals surface area contributed by atoms with Gasteiger partial charge in [0.2, 0.25) is 17.7 Å². The normalized spacial score (nSPS) is 28.3. The Morgan fingerprint density at radius 2 is 1.92 bits per heavy atom. The van der Waals surface area contributed by atoms with Crippen molar-refractivity contribution in [2.45, 2.75) is 43.7 Å². The number of carbonyl (C=O) groups is 3. The summed E-state index contributed by atoms with van der Waals surface area (Å²) < 4.78 is 0. The van der Waals surface area contributed by atoms with E-state index in [4.69, 9.17) is 0 Å². The number of likely N-dealkylation sites (tertiary alicyclic amines) is 1. The lowest BCUT2D eigenvalue weighted by molar-refractivity contribution is -0.138. The molecule has 2 fully saturated rings. The van der Waals surface area contributed by atoms with Gasteiger partial charge in [0.1, 0.15) is 11.6 Å². The Morgan fingerprint density at radius 3 is 2.54 bits per heavy atom. The lowest BCUT2D eigenvalue weighted by atomic mass is 10.0. The summed E-state index contributed by atoms with van der Waals surface area (Å²) in [7, 11) is 1.58. The lowest BCUT2D eigenvalue weighted by Gasteiger charge is -2.26. The first kappa shape index (κ1) is 16.5. The number of nitrogens with one attached hydrogen (secondary N) is 2. The van der Waals surface area contributed by atoms with Crippen molar-refractivity contribution in [1.82, 2.24) is 15.5 Å². The van der Waals surface area contributed by atoms with Crippen molar-refractivity contribution in [2.75, 3.05) is 13.6 Å². The average Bonchev–Trinajstić information content (AvgIpc) is 3.08. The molecule has 0 radical (unpaired) electrons. The molecule has 1 aliphatic heterocycles. The number of nitrogens with zero attached hydrogens (tertiary/aromatic N) is 1. The molecule has 0 spiro atoms. The Labute approximate surface area is 141 Å². The second-order valence-corrected chi connectivity index (χ2v) is 6.58. The fourth-order valence-electron chi connectivity index (χ4n) is 3.74. The molecule has 6 heteroatoms. The largest absolute Gasteiger partial charge is 0.357 e. The van der Waals surface area contributed by atoms with Gasteiger partial charge in [-0.15, -0.1) is 0 Å². The fraction of sp³-hybridized carbons (Fsp3) is 0.500. The third-order valence-corrected chi connectivity index (χ3v) is 5.10. The molecule has 24 heavy (non-hydrogen) atoms. The van der Waals surface area contributed by atoms with Crippen LogP contribution in [0.15, 0.2) is 30.3 Å². The van der Waals surface area contributed by atoms with Gasteiger partial charge in [0, 0.05) is 26.4 Å². The zero-order chi connectivity index (χ0) is 17.3. The third kappa shape index (κ3) is 2.77. The molecular formula is C18H23N3O3. The topological polar surface area (TPSA) is 78.5 Å². The molecule has 1 aromatic carbocycles. The van der Waals surface area contributed by atoms with Gasteiger partial charge in [0.15, 0.2) is 0 Å². The van der Waals surface area contributed by atoms with Crippen LogP contribution in [0.2, 0.25) is 0 Å². The number of carbonyl (C=O) groups excluding carboxylic acids is 3. The summed E-state index contributed by atoms with van der Waals surface area (Å²) >= 11 is 0. The Hall–Kier alpha value is -2.37. The first-order valence-electron chi connectivity index (χ1n) is 8.36. The van der Waals surface area contributed by atoms with Crippen LogP contribution < -0.4 is 10.6 Å². The van der Waals surface area contributed by atoms with Crippen LogP contribution in [0.3, 0.4) is 0 Å². The van der Waals surface area contributed by atoms with Gasteiger partial charge in [-0.05, 0) is 24.8 Å². The van der Waals surface area contributed by atoms with Crippen molar-refractivity contribution >= 4 is 17.7 Å². The molecule has 3 rings (SSSR count). The van der Waals surface area contributed by atoms with E-state index >= 15 is 0 Å². The van der Waals surface area contributed by atoms with Crippen LogP contribution in [0.4, 0.5) is 0 Å². The molecule has 2 N–H and O–H groups in total. The Morgan fingerprint density at radius 1 is 1.21 bits per heavy atom. The number of likely N-dealkylation sites (N-methyl/N-ethyl adjacent to an activating group) is 1. The minimum atomic E-state index is -0.905. The number of hydrogen-bond donors (Lipinski definition) is 2. The maximum Gasteiger partial charge on any atom is 0.246 e. The molecule has 2 aliphatic rings. The van der Waals surface area contributed by atoms with E-state index in [2.05, 4.69) is 10.6 Å². The highest BCUT2D eigenvalue weighted by Crippen LogP contribution is 2.51. The highest BCUT2D eigenvalue weighted by Gasteiger charge is 2.62. The predicted octanol–water partition coefficient (Wildman–Crippen LogP) is 0.786. The highest BCUT2D eigenvalue weighted by atomic mass is 16.2. The molecule has 3 atom stereocenters. The van der Waals surface area contributed by atoms with E-state index < -0.39 is 11.6 Å². The van der Waals surface area contributed by atoms with Crippen LogP contribution in [-0.2, 0) is 14.4 Å². The first-order valence-corrected chi connectivity index (χ1v) is 8.36. The van der Waals surface area contributed by atoms with E-state index in [1.54, 1.807) is 11.9 Å². The average molecular weight is 329 g/mol. The highest BCUT2D eigenvalue weighted by molar-refractivity contribution is 5.98. The van der Waals surface area contributed by atoms with Crippen LogP contribution in [0.1, 0.15) is 37.7 Å². The zero-order valence-corrected chi connectivity index (χ0v) is 14.0. The minimum absolute atomic E-state index is 0.0326. The summed E-state index contributed by atoms with van der Waals surface area (Å²) in [6.07, 6.45) is 2.03. The van der Waals surface area contributed by atoms with Crippen LogP contribution in [-0.4, -0.2) is 47.8 Å². The van der Waals surface area contributed by atoms with Crippen LogP contribution >= 0.6 is 0 Å². The summed E-state index contributed by atoms with van der Waals surface area (Å²) in [4.78, 5) is 38.4. The van der Waals surface area contributed by atoms with E-state index in [9.17, 15) is 14.4 Å². The van der Waals surface area contributed by atoms with E-state index in [1.807, 2.05) is 30.3 Å². The van der Waals surface area contributed by atoms with Crippen molar-refractivity contribution in [1.29, 1.82) is 0 Å². The molecule has 1 aliphatic carbocycles. The van der Waals surface area contributed by atoms with E-state index in [-0.39, 0.29) is 23.6 Å². The summed E-state index contributed by atoms with van der Waals surface area (Å²) in [6, 6.07) is 9.26. The molecule has 128 valence electrons. The van der Waals surface area contributed by atoms with E-state index in [0.29, 0.717) is 19.4 Å². The molecule has 1 aromatic rings. The SMILES string of the molecule is CNC(=O)[C@@]1(NC(=O)[C@@H]2CCCN2C(C)=O)C[C@@H]1c1ccccc1. The summed E-state index contributed by atoms with van der Waals surface area (Å²) in [5.41, 5.74) is 0.134. The quantitative estimate of drug-likeness (QED) is 0.857. The first-order chi connectivity index (χ1) is 11.5. The number of rotatable bonds is 4. The van der Waals surface area contributed by atoms with Gasteiger partial charge in [-0.3, -0.25) is 14.4 Å². The van der Waals surface area contributed by atoms with Gasteiger partial charge in [-0.25, -0.2) is 0 Å². The second-order valence-electron chi connectivity index (χ2n) is 6.58. The van der Waals surface area contributed by atoms with Gasteiger partial charge >= 0.3 is 0 Å². The smallest absolute Gasteiger partial charge is 0.246 e. The Balaban J connectivity index is 1.78. The number of benzene rings is 1. The molecule has 1 saturated carbocycles. The second kappa shape index (κ2) is 6.26. The molecule has 1 saturated heterocycles.